The Labute approximate surface area is 130 Å². The molecule has 0 aliphatic heterocycles. The van der Waals surface area contributed by atoms with Crippen molar-refractivity contribution in [2.75, 3.05) is 0 Å². The number of carbonyl (C=O) groups is 1. The summed E-state index contributed by atoms with van der Waals surface area (Å²) in [7, 11) is 0. The van der Waals surface area contributed by atoms with Gasteiger partial charge in [-0.25, -0.2) is 5.84 Å². The third-order valence-electron chi connectivity index (χ3n) is 2.64. The third kappa shape index (κ3) is 3.72. The molecule has 0 saturated heterocycles. The molecule has 0 atom stereocenters. The van der Waals surface area contributed by atoms with Crippen LogP contribution in [0.4, 0.5) is 0 Å². The van der Waals surface area contributed by atoms with Gasteiger partial charge < -0.3 is 4.74 Å². The van der Waals surface area contributed by atoms with E-state index in [2.05, 4.69) is 21.4 Å². The summed E-state index contributed by atoms with van der Waals surface area (Å²) < 4.78 is 6.47. The number of amides is 1. The van der Waals surface area contributed by atoms with Crippen molar-refractivity contribution in [1.29, 1.82) is 0 Å². The first kappa shape index (κ1) is 14.8. The number of hydrogen-bond donors (Lipinski definition) is 2. The number of carbonyl (C=O) groups excluding carboxylic acids is 1. The average Bonchev–Trinajstić information content (AvgIpc) is 2.46. The van der Waals surface area contributed by atoms with Gasteiger partial charge in [0, 0.05) is 10.6 Å². The molecule has 0 aliphatic rings. The first-order chi connectivity index (χ1) is 9.60. The molecule has 0 saturated carbocycles. The molecule has 0 fully saturated rings. The molecule has 0 heterocycles. The zero-order chi connectivity index (χ0) is 14.5. The Kier molecular flexibility index (Phi) is 5.00. The number of hydrogen-bond acceptors (Lipinski definition) is 3. The Morgan fingerprint density at radius 1 is 1.25 bits per heavy atom. The lowest BCUT2D eigenvalue weighted by molar-refractivity contribution is 0.0953. The molecule has 0 aromatic heterocycles. The van der Waals surface area contributed by atoms with Crippen LogP contribution in [0.3, 0.4) is 0 Å². The van der Waals surface area contributed by atoms with Gasteiger partial charge >= 0.3 is 0 Å². The molecular formula is C14H12BrClN2O2. The van der Waals surface area contributed by atoms with Crippen molar-refractivity contribution >= 4 is 33.4 Å². The molecule has 0 aliphatic carbocycles. The third-order valence-corrected chi connectivity index (χ3v) is 3.49. The zero-order valence-electron chi connectivity index (χ0n) is 10.4. The Bertz CT molecular complexity index is 617. The molecule has 20 heavy (non-hydrogen) atoms. The second kappa shape index (κ2) is 6.74. The van der Waals surface area contributed by atoms with Gasteiger partial charge in [0.15, 0.2) is 0 Å². The monoisotopic (exact) mass is 354 g/mol. The SMILES string of the molecule is NNC(=O)c1ccc(COc2ccc(Cl)cc2Br)cc1. The molecule has 0 unspecified atom stereocenters. The van der Waals surface area contributed by atoms with Gasteiger partial charge in [0.05, 0.1) is 4.47 Å². The summed E-state index contributed by atoms with van der Waals surface area (Å²) >= 11 is 9.25. The van der Waals surface area contributed by atoms with Crippen molar-refractivity contribution in [2.45, 2.75) is 6.61 Å². The molecule has 2 rings (SSSR count). The lowest BCUT2D eigenvalue weighted by atomic mass is 10.1. The van der Waals surface area contributed by atoms with E-state index in [1.165, 1.54) is 0 Å². The van der Waals surface area contributed by atoms with Crippen LogP contribution in [0.2, 0.25) is 5.02 Å². The highest BCUT2D eigenvalue weighted by Gasteiger charge is 2.05. The second-order valence-corrected chi connectivity index (χ2v) is 5.32. The Balaban J connectivity index is 2.02. The number of halogens is 2. The molecule has 1 amide bonds. The van der Waals surface area contributed by atoms with Crippen LogP contribution in [0.25, 0.3) is 0 Å². The van der Waals surface area contributed by atoms with Crippen molar-refractivity contribution in [3.8, 4) is 5.75 Å². The number of ether oxygens (including phenoxy) is 1. The lowest BCUT2D eigenvalue weighted by Gasteiger charge is -2.09. The van der Waals surface area contributed by atoms with Gasteiger partial charge in [-0.05, 0) is 51.8 Å². The van der Waals surface area contributed by atoms with Crippen molar-refractivity contribution < 1.29 is 9.53 Å². The van der Waals surface area contributed by atoms with Crippen molar-refractivity contribution in [1.82, 2.24) is 5.43 Å². The number of nitrogens with two attached hydrogens (primary N) is 1. The molecule has 6 heteroatoms. The minimum Gasteiger partial charge on any atom is -0.488 e. The van der Waals surface area contributed by atoms with Crippen LogP contribution >= 0.6 is 27.5 Å². The van der Waals surface area contributed by atoms with Crippen LogP contribution in [-0.2, 0) is 6.61 Å². The van der Waals surface area contributed by atoms with Crippen molar-refractivity contribution in [3.63, 3.8) is 0 Å². The average molecular weight is 356 g/mol. The van der Waals surface area contributed by atoms with E-state index in [0.29, 0.717) is 22.9 Å². The standard InChI is InChI=1S/C14H12BrClN2O2/c15-12-7-11(16)5-6-13(12)20-8-9-1-3-10(4-2-9)14(19)18-17/h1-7H,8,17H2,(H,18,19). The van der Waals surface area contributed by atoms with E-state index < -0.39 is 0 Å². The van der Waals surface area contributed by atoms with Crippen molar-refractivity contribution in [3.05, 3.63) is 63.1 Å². The molecule has 2 aromatic rings. The fraction of sp³-hybridized carbons (Fsp3) is 0.0714. The van der Waals surface area contributed by atoms with E-state index in [0.717, 1.165) is 10.0 Å². The summed E-state index contributed by atoms with van der Waals surface area (Å²) in [6, 6.07) is 12.3. The summed E-state index contributed by atoms with van der Waals surface area (Å²) in [4.78, 5) is 11.3. The smallest absolute Gasteiger partial charge is 0.265 e. The summed E-state index contributed by atoms with van der Waals surface area (Å²) in [5, 5.41) is 0.640. The fourth-order valence-electron chi connectivity index (χ4n) is 1.59. The van der Waals surface area contributed by atoms with Gasteiger partial charge in [0.1, 0.15) is 12.4 Å². The highest BCUT2D eigenvalue weighted by molar-refractivity contribution is 9.10. The second-order valence-electron chi connectivity index (χ2n) is 4.03. The Hall–Kier alpha value is -1.56. The number of hydrazine groups is 1. The predicted molar refractivity (Wildman–Crippen MR) is 81.6 cm³/mol. The van der Waals surface area contributed by atoms with E-state index in [-0.39, 0.29) is 5.91 Å². The van der Waals surface area contributed by atoms with Crippen molar-refractivity contribution in [2.24, 2.45) is 5.84 Å². The summed E-state index contributed by atoms with van der Waals surface area (Å²) in [6.07, 6.45) is 0. The molecule has 0 bridgehead atoms. The number of benzene rings is 2. The fourth-order valence-corrected chi connectivity index (χ4v) is 2.39. The quantitative estimate of drug-likeness (QED) is 0.502. The Morgan fingerprint density at radius 2 is 1.95 bits per heavy atom. The maximum atomic E-state index is 11.3. The summed E-state index contributed by atoms with van der Waals surface area (Å²) in [6.45, 7) is 0.394. The van der Waals surface area contributed by atoms with Gasteiger partial charge in [-0.2, -0.15) is 0 Å². The molecule has 2 aromatic carbocycles. The molecule has 0 spiro atoms. The largest absolute Gasteiger partial charge is 0.488 e. The summed E-state index contributed by atoms with van der Waals surface area (Å²) in [5.74, 6) is 5.45. The van der Waals surface area contributed by atoms with E-state index in [1.807, 2.05) is 12.1 Å². The highest BCUT2D eigenvalue weighted by Crippen LogP contribution is 2.28. The van der Waals surface area contributed by atoms with Crippen LogP contribution in [0.15, 0.2) is 46.9 Å². The zero-order valence-corrected chi connectivity index (χ0v) is 12.7. The van der Waals surface area contributed by atoms with Gasteiger partial charge in [-0.15, -0.1) is 0 Å². The predicted octanol–water partition coefficient (Wildman–Crippen LogP) is 3.29. The van der Waals surface area contributed by atoms with E-state index in [1.54, 1.807) is 30.3 Å². The minimum absolute atomic E-state index is 0.321. The summed E-state index contributed by atoms with van der Waals surface area (Å²) in [5.41, 5.74) is 3.53. The van der Waals surface area contributed by atoms with Gasteiger partial charge in [-0.1, -0.05) is 23.7 Å². The van der Waals surface area contributed by atoms with E-state index in [4.69, 9.17) is 22.2 Å². The number of nitrogens with one attached hydrogen (secondary N) is 1. The molecule has 104 valence electrons. The minimum atomic E-state index is -0.321. The van der Waals surface area contributed by atoms with Crippen LogP contribution in [0, 0.1) is 0 Å². The Morgan fingerprint density at radius 3 is 2.55 bits per heavy atom. The lowest BCUT2D eigenvalue weighted by Crippen LogP contribution is -2.29. The van der Waals surface area contributed by atoms with Crippen LogP contribution in [-0.4, -0.2) is 5.91 Å². The molecule has 4 nitrogen and oxygen atoms in total. The highest BCUT2D eigenvalue weighted by atomic mass is 79.9. The maximum absolute atomic E-state index is 11.3. The van der Waals surface area contributed by atoms with E-state index in [9.17, 15) is 4.79 Å². The first-order valence-corrected chi connectivity index (χ1v) is 6.95. The normalized spacial score (nSPS) is 10.2. The topological polar surface area (TPSA) is 64.3 Å². The first-order valence-electron chi connectivity index (χ1n) is 5.78. The molecule has 3 N–H and O–H groups in total. The number of rotatable bonds is 4. The van der Waals surface area contributed by atoms with E-state index >= 15 is 0 Å². The molecule has 0 radical (unpaired) electrons. The number of nitrogen functional groups attached to an aromatic ring is 1. The van der Waals surface area contributed by atoms with Crippen LogP contribution < -0.4 is 16.0 Å². The van der Waals surface area contributed by atoms with Gasteiger partial charge in [-0.3, -0.25) is 10.2 Å². The van der Waals surface area contributed by atoms with Gasteiger partial charge in [0.25, 0.3) is 5.91 Å². The maximum Gasteiger partial charge on any atom is 0.265 e. The van der Waals surface area contributed by atoms with Crippen LogP contribution in [0.1, 0.15) is 15.9 Å². The van der Waals surface area contributed by atoms with Crippen LogP contribution in [0.5, 0.6) is 5.75 Å². The van der Waals surface area contributed by atoms with Gasteiger partial charge in [0.2, 0.25) is 0 Å². The molecular weight excluding hydrogens is 344 g/mol.